The predicted octanol–water partition coefficient (Wildman–Crippen LogP) is 2.39. The number of carboxylic acid groups (broad SMARTS) is 1. The third kappa shape index (κ3) is 1.95. The SMILES string of the molecule is Cc1noc(C)c1Cn1cnc2ccc(C(=O)O)cc21. The molecule has 0 saturated carbocycles. The summed E-state index contributed by atoms with van der Waals surface area (Å²) in [6, 6.07) is 4.89. The fourth-order valence-electron chi connectivity index (χ4n) is 2.21. The lowest BCUT2D eigenvalue weighted by atomic mass is 10.2. The van der Waals surface area contributed by atoms with Crippen molar-refractivity contribution in [1.29, 1.82) is 0 Å². The molecule has 0 bridgehead atoms. The number of rotatable bonds is 3. The molecule has 6 heteroatoms. The molecule has 0 unspecified atom stereocenters. The Morgan fingerprint density at radius 2 is 2.20 bits per heavy atom. The van der Waals surface area contributed by atoms with Crippen molar-refractivity contribution in [3.63, 3.8) is 0 Å². The summed E-state index contributed by atoms with van der Waals surface area (Å²) in [7, 11) is 0. The average molecular weight is 271 g/mol. The predicted molar refractivity (Wildman–Crippen MR) is 71.8 cm³/mol. The Balaban J connectivity index is 2.08. The molecule has 0 amide bonds. The van der Waals surface area contributed by atoms with Gasteiger partial charge >= 0.3 is 5.97 Å². The lowest BCUT2D eigenvalue weighted by Gasteiger charge is -2.04. The quantitative estimate of drug-likeness (QED) is 0.791. The lowest BCUT2D eigenvalue weighted by Crippen LogP contribution is -2.01. The van der Waals surface area contributed by atoms with Crippen molar-refractivity contribution in [2.75, 3.05) is 0 Å². The van der Waals surface area contributed by atoms with E-state index in [0.29, 0.717) is 6.54 Å². The van der Waals surface area contributed by atoms with Crippen molar-refractivity contribution in [1.82, 2.24) is 14.7 Å². The van der Waals surface area contributed by atoms with E-state index in [1.807, 2.05) is 18.4 Å². The van der Waals surface area contributed by atoms with Crippen molar-refractivity contribution >= 4 is 17.0 Å². The maximum atomic E-state index is 11.0. The van der Waals surface area contributed by atoms with Crippen LogP contribution in [0.2, 0.25) is 0 Å². The Bertz CT molecular complexity index is 782. The van der Waals surface area contributed by atoms with E-state index in [1.165, 1.54) is 0 Å². The Morgan fingerprint density at radius 3 is 2.85 bits per heavy atom. The highest BCUT2D eigenvalue weighted by molar-refractivity contribution is 5.92. The van der Waals surface area contributed by atoms with Crippen LogP contribution in [0.5, 0.6) is 0 Å². The van der Waals surface area contributed by atoms with Gasteiger partial charge in [-0.2, -0.15) is 0 Å². The molecule has 0 fully saturated rings. The molecule has 6 nitrogen and oxygen atoms in total. The van der Waals surface area contributed by atoms with Gasteiger partial charge in [0.1, 0.15) is 5.76 Å². The topological polar surface area (TPSA) is 81.2 Å². The standard InChI is InChI=1S/C14H13N3O3/c1-8-11(9(2)20-16-8)6-17-7-15-12-4-3-10(14(18)19)5-13(12)17/h3-5,7H,6H2,1-2H3,(H,18,19). The van der Waals surface area contributed by atoms with Gasteiger partial charge in [-0.15, -0.1) is 0 Å². The number of imidazole rings is 1. The maximum Gasteiger partial charge on any atom is 0.335 e. The summed E-state index contributed by atoms with van der Waals surface area (Å²) >= 11 is 0. The summed E-state index contributed by atoms with van der Waals surface area (Å²) in [5.74, 6) is -0.185. The second kappa shape index (κ2) is 4.48. The second-order valence-corrected chi connectivity index (χ2v) is 4.68. The van der Waals surface area contributed by atoms with Crippen LogP contribution in [-0.4, -0.2) is 25.8 Å². The van der Waals surface area contributed by atoms with Crippen molar-refractivity contribution in [2.45, 2.75) is 20.4 Å². The Morgan fingerprint density at radius 1 is 1.40 bits per heavy atom. The largest absolute Gasteiger partial charge is 0.478 e. The number of carbonyl (C=O) groups is 1. The van der Waals surface area contributed by atoms with Gasteiger partial charge in [0, 0.05) is 5.56 Å². The molecule has 0 aliphatic rings. The molecule has 0 radical (unpaired) electrons. The van der Waals surface area contributed by atoms with Crippen molar-refractivity contribution < 1.29 is 14.4 Å². The molecule has 102 valence electrons. The summed E-state index contributed by atoms with van der Waals surface area (Å²) in [5, 5.41) is 13.0. The molecule has 20 heavy (non-hydrogen) atoms. The molecule has 3 aromatic rings. The molecule has 0 aliphatic heterocycles. The zero-order chi connectivity index (χ0) is 14.3. The van der Waals surface area contributed by atoms with Crippen LogP contribution in [0.25, 0.3) is 11.0 Å². The van der Waals surface area contributed by atoms with Gasteiger partial charge in [-0.1, -0.05) is 5.16 Å². The number of aromatic carboxylic acids is 1. The average Bonchev–Trinajstić information content (AvgIpc) is 2.97. The van der Waals surface area contributed by atoms with Gasteiger partial charge in [0.15, 0.2) is 0 Å². The first-order valence-electron chi connectivity index (χ1n) is 6.16. The number of nitrogens with zero attached hydrogens (tertiary/aromatic N) is 3. The second-order valence-electron chi connectivity index (χ2n) is 4.68. The van der Waals surface area contributed by atoms with Crippen LogP contribution in [0.4, 0.5) is 0 Å². The lowest BCUT2D eigenvalue weighted by molar-refractivity contribution is 0.0697. The van der Waals surface area contributed by atoms with Gasteiger partial charge in [-0.05, 0) is 32.0 Å². The van der Waals surface area contributed by atoms with Crippen LogP contribution in [0, 0.1) is 13.8 Å². The van der Waals surface area contributed by atoms with Gasteiger partial charge in [0.05, 0.1) is 35.2 Å². The van der Waals surface area contributed by atoms with Gasteiger partial charge in [-0.3, -0.25) is 0 Å². The minimum Gasteiger partial charge on any atom is -0.478 e. The zero-order valence-electron chi connectivity index (χ0n) is 11.1. The summed E-state index contributed by atoms with van der Waals surface area (Å²) in [5.41, 5.74) is 3.62. The summed E-state index contributed by atoms with van der Waals surface area (Å²) < 4.78 is 7.04. The van der Waals surface area contributed by atoms with Gasteiger partial charge in [0.2, 0.25) is 0 Å². The van der Waals surface area contributed by atoms with Gasteiger partial charge in [0.25, 0.3) is 0 Å². The fourth-order valence-corrected chi connectivity index (χ4v) is 2.21. The molecule has 2 heterocycles. The highest BCUT2D eigenvalue weighted by atomic mass is 16.5. The van der Waals surface area contributed by atoms with E-state index in [4.69, 9.17) is 9.63 Å². The third-order valence-electron chi connectivity index (χ3n) is 3.38. The minimum absolute atomic E-state index is 0.248. The Hall–Kier alpha value is -2.63. The van der Waals surface area contributed by atoms with Crippen molar-refractivity contribution in [3.05, 3.63) is 47.1 Å². The van der Waals surface area contributed by atoms with Gasteiger partial charge < -0.3 is 14.2 Å². The van der Waals surface area contributed by atoms with E-state index in [9.17, 15) is 4.79 Å². The molecular formula is C14H13N3O3. The minimum atomic E-state index is -0.947. The van der Waals surface area contributed by atoms with Crippen LogP contribution in [0.3, 0.4) is 0 Å². The molecule has 0 atom stereocenters. The van der Waals surface area contributed by atoms with E-state index in [-0.39, 0.29) is 5.56 Å². The molecule has 1 aromatic carbocycles. The van der Waals surface area contributed by atoms with Gasteiger partial charge in [-0.25, -0.2) is 9.78 Å². The summed E-state index contributed by atoms with van der Waals surface area (Å²) in [6.45, 7) is 4.30. The summed E-state index contributed by atoms with van der Waals surface area (Å²) in [6.07, 6.45) is 1.70. The van der Waals surface area contributed by atoms with Crippen molar-refractivity contribution in [3.8, 4) is 0 Å². The van der Waals surface area contributed by atoms with Crippen LogP contribution in [0.15, 0.2) is 29.0 Å². The highest BCUT2D eigenvalue weighted by Crippen LogP contribution is 2.19. The number of aryl methyl sites for hydroxylation is 2. The first-order chi connectivity index (χ1) is 9.56. The maximum absolute atomic E-state index is 11.0. The third-order valence-corrected chi connectivity index (χ3v) is 3.38. The van der Waals surface area contributed by atoms with Crippen LogP contribution >= 0.6 is 0 Å². The Labute approximate surface area is 114 Å². The monoisotopic (exact) mass is 271 g/mol. The Kier molecular flexibility index (Phi) is 2.78. The number of benzene rings is 1. The highest BCUT2D eigenvalue weighted by Gasteiger charge is 2.13. The van der Waals surface area contributed by atoms with Crippen LogP contribution < -0.4 is 0 Å². The number of aromatic nitrogens is 3. The molecule has 0 aliphatic carbocycles. The first kappa shape index (κ1) is 12.4. The molecular weight excluding hydrogens is 258 g/mol. The number of fused-ring (bicyclic) bond motifs is 1. The molecule has 2 aromatic heterocycles. The fraction of sp³-hybridized carbons (Fsp3) is 0.214. The first-order valence-corrected chi connectivity index (χ1v) is 6.16. The number of hydrogen-bond donors (Lipinski definition) is 1. The van der Waals surface area contributed by atoms with Crippen LogP contribution in [-0.2, 0) is 6.54 Å². The smallest absolute Gasteiger partial charge is 0.335 e. The van der Waals surface area contributed by atoms with E-state index < -0.39 is 5.97 Å². The molecule has 0 saturated heterocycles. The molecule has 0 spiro atoms. The van der Waals surface area contributed by atoms with E-state index >= 15 is 0 Å². The van der Waals surface area contributed by atoms with E-state index in [1.54, 1.807) is 24.5 Å². The van der Waals surface area contributed by atoms with Crippen LogP contribution in [0.1, 0.15) is 27.4 Å². The van der Waals surface area contributed by atoms with E-state index in [2.05, 4.69) is 10.1 Å². The zero-order valence-corrected chi connectivity index (χ0v) is 11.1. The van der Waals surface area contributed by atoms with E-state index in [0.717, 1.165) is 28.1 Å². The van der Waals surface area contributed by atoms with Crippen molar-refractivity contribution in [2.24, 2.45) is 0 Å². The summed E-state index contributed by atoms with van der Waals surface area (Å²) in [4.78, 5) is 15.3. The normalized spacial score (nSPS) is 11.1. The number of hydrogen-bond acceptors (Lipinski definition) is 4. The number of carboxylic acids is 1. The molecule has 1 N–H and O–H groups in total. The molecule has 3 rings (SSSR count).